The Balaban J connectivity index is 1.31. The summed E-state index contributed by atoms with van der Waals surface area (Å²) in [6, 6.07) is 14.3. The van der Waals surface area contributed by atoms with Gasteiger partial charge in [0, 0.05) is 25.4 Å². The topological polar surface area (TPSA) is 89.0 Å². The molecule has 0 aliphatic carbocycles. The molecule has 7 nitrogen and oxygen atoms in total. The van der Waals surface area contributed by atoms with Gasteiger partial charge in [0.25, 0.3) is 0 Å². The van der Waals surface area contributed by atoms with Crippen molar-refractivity contribution in [1.82, 2.24) is 20.3 Å². The first-order valence-electron chi connectivity index (χ1n) is 9.71. The molecule has 0 unspecified atom stereocenters. The van der Waals surface area contributed by atoms with Crippen LogP contribution < -0.4 is 10.6 Å². The van der Waals surface area contributed by atoms with E-state index in [0.717, 1.165) is 15.3 Å². The largest absolute Gasteiger partial charge is 0.445 e. The van der Waals surface area contributed by atoms with E-state index < -0.39 is 6.09 Å². The van der Waals surface area contributed by atoms with E-state index in [1.54, 1.807) is 18.5 Å². The monoisotopic (exact) mass is 437 g/mol. The van der Waals surface area contributed by atoms with E-state index in [1.165, 1.54) is 17.4 Å². The summed E-state index contributed by atoms with van der Waals surface area (Å²) in [6.45, 7) is 0.842. The average Bonchev–Trinajstić information content (AvgIpc) is 3.21. The highest BCUT2D eigenvalue weighted by molar-refractivity contribution is 7.18. The van der Waals surface area contributed by atoms with E-state index in [2.05, 4.69) is 25.6 Å². The van der Waals surface area contributed by atoms with Crippen LogP contribution in [0.25, 0.3) is 10.2 Å². The molecule has 4 rings (SSSR count). The predicted octanol–water partition coefficient (Wildman–Crippen LogP) is 4.31. The molecule has 0 spiro atoms. The van der Waals surface area contributed by atoms with Gasteiger partial charge in [-0.1, -0.05) is 30.3 Å². The highest BCUT2D eigenvalue weighted by Crippen LogP contribution is 2.27. The molecule has 158 valence electrons. The van der Waals surface area contributed by atoms with Crippen molar-refractivity contribution in [3.05, 3.63) is 83.0 Å². The number of hydrogen-bond acceptors (Lipinski definition) is 7. The van der Waals surface area contributed by atoms with Crippen molar-refractivity contribution in [2.45, 2.75) is 19.6 Å². The fourth-order valence-corrected chi connectivity index (χ4v) is 3.86. The van der Waals surface area contributed by atoms with Gasteiger partial charge >= 0.3 is 6.09 Å². The zero-order chi connectivity index (χ0) is 21.5. The number of ether oxygens (including phenoxy) is 1. The highest BCUT2D eigenvalue weighted by atomic mass is 32.1. The van der Waals surface area contributed by atoms with Crippen molar-refractivity contribution in [3.63, 3.8) is 0 Å². The number of fused-ring (bicyclic) bond motifs is 1. The minimum atomic E-state index is -0.466. The number of carbonyl (C=O) groups is 1. The third-order valence-electron chi connectivity index (χ3n) is 4.43. The normalized spacial score (nSPS) is 10.7. The Morgan fingerprint density at radius 1 is 1.06 bits per heavy atom. The van der Waals surface area contributed by atoms with Gasteiger partial charge < -0.3 is 15.4 Å². The summed E-state index contributed by atoms with van der Waals surface area (Å²) in [5.41, 5.74) is 1.96. The van der Waals surface area contributed by atoms with Gasteiger partial charge in [0.1, 0.15) is 17.9 Å². The summed E-state index contributed by atoms with van der Waals surface area (Å²) in [7, 11) is 0. The van der Waals surface area contributed by atoms with Crippen LogP contribution in [-0.4, -0.2) is 27.6 Å². The van der Waals surface area contributed by atoms with Crippen LogP contribution >= 0.6 is 11.3 Å². The molecular formula is C22H20FN5O2S. The zero-order valence-electron chi connectivity index (χ0n) is 16.5. The molecule has 4 aromatic rings. The smallest absolute Gasteiger partial charge is 0.407 e. The van der Waals surface area contributed by atoms with Gasteiger partial charge in [0.15, 0.2) is 5.82 Å². The van der Waals surface area contributed by atoms with Crippen LogP contribution in [0.3, 0.4) is 0 Å². The maximum absolute atomic E-state index is 13.8. The van der Waals surface area contributed by atoms with Crippen molar-refractivity contribution >= 4 is 33.5 Å². The molecule has 0 saturated carbocycles. The molecule has 1 amide bonds. The summed E-state index contributed by atoms with van der Waals surface area (Å²) in [5, 5.41) is 6.70. The maximum atomic E-state index is 13.8. The second kappa shape index (κ2) is 9.94. The van der Waals surface area contributed by atoms with Crippen molar-refractivity contribution in [2.24, 2.45) is 0 Å². The van der Waals surface area contributed by atoms with Crippen LogP contribution in [-0.2, 0) is 24.3 Å². The summed E-state index contributed by atoms with van der Waals surface area (Å²) in [6.07, 6.45) is 3.33. The van der Waals surface area contributed by atoms with Crippen LogP contribution in [0.2, 0.25) is 0 Å². The number of nitrogens with zero attached hydrogens (tertiary/aromatic N) is 3. The van der Waals surface area contributed by atoms with Crippen molar-refractivity contribution < 1.29 is 13.9 Å². The molecule has 3 heterocycles. The number of alkyl carbamates (subject to hydrolysis) is 1. The summed E-state index contributed by atoms with van der Waals surface area (Å²) in [5.74, 6) is 0.201. The minimum Gasteiger partial charge on any atom is -0.445 e. The van der Waals surface area contributed by atoms with Gasteiger partial charge in [-0.15, -0.1) is 11.3 Å². The minimum absolute atomic E-state index is 0.209. The van der Waals surface area contributed by atoms with Crippen molar-refractivity contribution in [1.29, 1.82) is 0 Å². The molecule has 3 aromatic heterocycles. The molecule has 0 atom stereocenters. The summed E-state index contributed by atoms with van der Waals surface area (Å²) >= 11 is 1.53. The molecule has 1 aromatic carbocycles. The third-order valence-corrected chi connectivity index (χ3v) is 5.51. The van der Waals surface area contributed by atoms with Crippen LogP contribution in [0.1, 0.15) is 16.3 Å². The number of carbonyl (C=O) groups excluding carboxylic acids is 1. The molecule has 0 aliphatic heterocycles. The molecule has 31 heavy (non-hydrogen) atoms. The maximum Gasteiger partial charge on any atom is 0.407 e. The lowest BCUT2D eigenvalue weighted by atomic mass is 10.2. The number of rotatable bonds is 8. The number of hydrogen-bond donors (Lipinski definition) is 2. The van der Waals surface area contributed by atoms with Gasteiger partial charge in [0.2, 0.25) is 0 Å². The lowest BCUT2D eigenvalue weighted by Gasteiger charge is -2.06. The van der Waals surface area contributed by atoms with Gasteiger partial charge in [-0.05, 0) is 23.8 Å². The van der Waals surface area contributed by atoms with Gasteiger partial charge in [0.05, 0.1) is 21.9 Å². The Labute approximate surface area is 182 Å². The number of anilines is 1. The van der Waals surface area contributed by atoms with Gasteiger partial charge in [-0.25, -0.2) is 19.2 Å². The van der Waals surface area contributed by atoms with Crippen LogP contribution in [0, 0.1) is 5.82 Å². The lowest BCUT2D eigenvalue weighted by Crippen LogP contribution is -2.26. The second-order valence-corrected chi connectivity index (χ2v) is 7.75. The number of halogens is 1. The first-order chi connectivity index (χ1) is 15.2. The molecule has 0 bridgehead atoms. The van der Waals surface area contributed by atoms with Crippen LogP contribution in [0.15, 0.2) is 60.9 Å². The Hall–Kier alpha value is -3.59. The quantitative estimate of drug-likeness (QED) is 0.427. The zero-order valence-corrected chi connectivity index (χ0v) is 17.4. The molecule has 0 radical (unpaired) electrons. The number of thiazole rings is 1. The van der Waals surface area contributed by atoms with Crippen molar-refractivity contribution in [3.8, 4) is 0 Å². The summed E-state index contributed by atoms with van der Waals surface area (Å²) < 4.78 is 19.9. The third kappa shape index (κ3) is 5.52. The molecule has 0 aliphatic rings. The van der Waals surface area contributed by atoms with E-state index >= 15 is 0 Å². The molecule has 0 fully saturated rings. The van der Waals surface area contributed by atoms with Crippen LogP contribution in [0.4, 0.5) is 15.0 Å². The Bertz CT molecular complexity index is 1170. The fraction of sp³-hybridized carbons (Fsp3) is 0.182. The first-order valence-corrected chi connectivity index (χ1v) is 10.5. The van der Waals surface area contributed by atoms with E-state index in [9.17, 15) is 9.18 Å². The highest BCUT2D eigenvalue weighted by Gasteiger charge is 2.11. The van der Waals surface area contributed by atoms with Crippen LogP contribution in [0.5, 0.6) is 0 Å². The fourth-order valence-electron chi connectivity index (χ4n) is 2.90. The lowest BCUT2D eigenvalue weighted by molar-refractivity contribution is 0.140. The Kier molecular flexibility index (Phi) is 6.63. The molecule has 2 N–H and O–H groups in total. The Morgan fingerprint density at radius 2 is 1.94 bits per heavy atom. The van der Waals surface area contributed by atoms with Gasteiger partial charge in [-0.3, -0.25) is 4.98 Å². The van der Waals surface area contributed by atoms with E-state index in [-0.39, 0.29) is 19.0 Å². The SMILES string of the molecule is O=C(NCCc1nc2c(NCc3ncccc3F)nccc2s1)OCc1ccccc1. The predicted molar refractivity (Wildman–Crippen MR) is 117 cm³/mol. The Morgan fingerprint density at radius 3 is 2.77 bits per heavy atom. The number of amides is 1. The van der Waals surface area contributed by atoms with E-state index in [0.29, 0.717) is 30.0 Å². The van der Waals surface area contributed by atoms with E-state index in [1.807, 2.05) is 36.4 Å². The number of pyridine rings is 2. The first kappa shape index (κ1) is 20.7. The average molecular weight is 438 g/mol. The van der Waals surface area contributed by atoms with Gasteiger partial charge in [-0.2, -0.15) is 0 Å². The molecule has 0 saturated heterocycles. The number of benzene rings is 1. The standard InChI is InChI=1S/C22H20FN5O2S/c23-16-7-4-10-24-17(16)13-27-21-20-18(8-11-25-21)31-19(28-20)9-12-26-22(29)30-14-15-5-2-1-3-6-15/h1-8,10-11H,9,12-14H2,(H,25,27)(H,26,29). The second-order valence-electron chi connectivity index (χ2n) is 6.64. The molecular weight excluding hydrogens is 417 g/mol. The summed E-state index contributed by atoms with van der Waals surface area (Å²) in [4.78, 5) is 24.9. The number of aromatic nitrogens is 3. The van der Waals surface area contributed by atoms with E-state index in [4.69, 9.17) is 4.74 Å². The van der Waals surface area contributed by atoms with Crippen molar-refractivity contribution in [2.75, 3.05) is 11.9 Å². The number of nitrogens with one attached hydrogen (secondary N) is 2. The molecule has 9 heteroatoms.